The lowest BCUT2D eigenvalue weighted by atomic mass is 10.3. The highest BCUT2D eigenvalue weighted by Crippen LogP contribution is 2.05. The monoisotopic (exact) mass is 153 g/mol. The van der Waals surface area contributed by atoms with E-state index in [0.29, 0.717) is 12.3 Å². The van der Waals surface area contributed by atoms with Crippen LogP contribution in [0.25, 0.3) is 0 Å². The van der Waals surface area contributed by atoms with E-state index in [1.807, 2.05) is 13.0 Å². The Labute approximate surface area is 65.4 Å². The zero-order valence-electron chi connectivity index (χ0n) is 6.68. The number of rotatable bonds is 2. The van der Waals surface area contributed by atoms with Crippen LogP contribution in [0.1, 0.15) is 23.0 Å². The molecule has 1 aromatic heterocycles. The first-order valence-corrected chi connectivity index (χ1v) is 3.56. The Morgan fingerprint density at radius 2 is 2.45 bits per heavy atom. The van der Waals surface area contributed by atoms with Crippen LogP contribution in [-0.2, 0) is 4.74 Å². The molecule has 1 rings (SSSR count). The minimum Gasteiger partial charge on any atom is -0.461 e. The van der Waals surface area contributed by atoms with Crippen LogP contribution in [0.5, 0.6) is 0 Å². The largest absolute Gasteiger partial charge is 0.461 e. The molecule has 0 radical (unpaired) electrons. The van der Waals surface area contributed by atoms with E-state index in [1.54, 1.807) is 13.1 Å². The number of ether oxygens (including phenoxy) is 1. The maximum Gasteiger partial charge on any atom is 0.354 e. The summed E-state index contributed by atoms with van der Waals surface area (Å²) in [7, 11) is 0. The zero-order valence-corrected chi connectivity index (χ0v) is 6.68. The van der Waals surface area contributed by atoms with Crippen molar-refractivity contribution in [2.24, 2.45) is 0 Å². The number of hydrogen-bond acceptors (Lipinski definition) is 2. The molecule has 0 fully saturated rings. The Hall–Kier alpha value is -1.25. The van der Waals surface area contributed by atoms with Gasteiger partial charge in [0, 0.05) is 6.20 Å². The smallest absolute Gasteiger partial charge is 0.354 e. The van der Waals surface area contributed by atoms with Gasteiger partial charge in [-0.25, -0.2) is 4.79 Å². The van der Waals surface area contributed by atoms with Gasteiger partial charge in [0.05, 0.1) is 6.61 Å². The molecule has 60 valence electrons. The summed E-state index contributed by atoms with van der Waals surface area (Å²) < 4.78 is 4.80. The number of aromatic nitrogens is 1. The lowest BCUT2D eigenvalue weighted by molar-refractivity contribution is 0.0519. The number of H-pyrrole nitrogens is 1. The van der Waals surface area contributed by atoms with Crippen molar-refractivity contribution in [1.82, 2.24) is 4.98 Å². The molecule has 0 aliphatic heterocycles. The van der Waals surface area contributed by atoms with E-state index in [9.17, 15) is 4.79 Å². The highest BCUT2D eigenvalue weighted by atomic mass is 16.5. The number of hydrogen-bond donors (Lipinski definition) is 1. The van der Waals surface area contributed by atoms with Crippen molar-refractivity contribution < 1.29 is 9.53 Å². The first-order chi connectivity index (χ1) is 5.25. The third-order valence-electron chi connectivity index (χ3n) is 1.43. The second kappa shape index (κ2) is 3.23. The maximum atomic E-state index is 11.1. The normalized spacial score (nSPS) is 9.64. The molecule has 11 heavy (non-hydrogen) atoms. The molecule has 1 heterocycles. The Morgan fingerprint density at radius 1 is 1.73 bits per heavy atom. The first-order valence-electron chi connectivity index (χ1n) is 3.56. The van der Waals surface area contributed by atoms with Gasteiger partial charge in [-0.05, 0) is 25.5 Å². The Kier molecular flexibility index (Phi) is 2.31. The molecule has 0 saturated heterocycles. The molecule has 0 aliphatic carbocycles. The summed E-state index contributed by atoms with van der Waals surface area (Å²) in [5.41, 5.74) is 1.47. The van der Waals surface area contributed by atoms with Crippen LogP contribution >= 0.6 is 0 Å². The number of aromatic amines is 1. The number of aryl methyl sites for hydroxylation is 1. The van der Waals surface area contributed by atoms with Gasteiger partial charge in [-0.15, -0.1) is 0 Å². The quantitative estimate of drug-likeness (QED) is 0.654. The van der Waals surface area contributed by atoms with Gasteiger partial charge in [0.25, 0.3) is 0 Å². The summed E-state index contributed by atoms with van der Waals surface area (Å²) in [5.74, 6) is -0.282. The van der Waals surface area contributed by atoms with Crippen LogP contribution in [0.3, 0.4) is 0 Å². The van der Waals surface area contributed by atoms with Gasteiger partial charge in [-0.1, -0.05) is 0 Å². The van der Waals surface area contributed by atoms with Gasteiger partial charge in [0.2, 0.25) is 0 Å². The summed E-state index contributed by atoms with van der Waals surface area (Å²) in [6.07, 6.45) is 1.72. The van der Waals surface area contributed by atoms with Gasteiger partial charge < -0.3 is 9.72 Å². The summed E-state index contributed by atoms with van der Waals surface area (Å²) in [5, 5.41) is 0. The fourth-order valence-electron chi connectivity index (χ4n) is 0.870. The highest BCUT2D eigenvalue weighted by Gasteiger charge is 2.09. The Bertz CT molecular complexity index is 252. The highest BCUT2D eigenvalue weighted by molar-refractivity contribution is 5.88. The third kappa shape index (κ3) is 1.61. The average molecular weight is 153 g/mol. The zero-order chi connectivity index (χ0) is 8.27. The van der Waals surface area contributed by atoms with E-state index in [2.05, 4.69) is 4.98 Å². The lowest BCUT2D eigenvalue weighted by Crippen LogP contribution is -2.06. The van der Waals surface area contributed by atoms with Crippen molar-refractivity contribution in [3.63, 3.8) is 0 Å². The summed E-state index contributed by atoms with van der Waals surface area (Å²) in [4.78, 5) is 13.9. The molecule has 0 aliphatic rings. The molecule has 0 spiro atoms. The van der Waals surface area contributed by atoms with Crippen LogP contribution < -0.4 is 0 Å². The first kappa shape index (κ1) is 7.85. The predicted octanol–water partition coefficient (Wildman–Crippen LogP) is 1.50. The van der Waals surface area contributed by atoms with Gasteiger partial charge in [-0.3, -0.25) is 0 Å². The topological polar surface area (TPSA) is 42.1 Å². The molecule has 0 amide bonds. The van der Waals surface area contributed by atoms with Crippen LogP contribution in [0.15, 0.2) is 12.3 Å². The second-order valence-electron chi connectivity index (χ2n) is 2.26. The van der Waals surface area contributed by atoms with Gasteiger partial charge in [-0.2, -0.15) is 0 Å². The van der Waals surface area contributed by atoms with Gasteiger partial charge in [0.15, 0.2) is 0 Å². The molecular formula is C8H11NO2. The van der Waals surface area contributed by atoms with E-state index in [1.165, 1.54) is 0 Å². The van der Waals surface area contributed by atoms with Crippen LogP contribution in [0, 0.1) is 6.92 Å². The van der Waals surface area contributed by atoms with Crippen LogP contribution in [-0.4, -0.2) is 17.6 Å². The van der Waals surface area contributed by atoms with Crippen molar-refractivity contribution in [2.75, 3.05) is 6.61 Å². The molecule has 0 unspecified atom stereocenters. The molecule has 1 aromatic rings. The number of esters is 1. The van der Waals surface area contributed by atoms with E-state index in [4.69, 9.17) is 4.74 Å². The lowest BCUT2D eigenvalue weighted by Gasteiger charge is -1.98. The molecule has 3 nitrogen and oxygen atoms in total. The molecule has 0 saturated carbocycles. The molecule has 0 aromatic carbocycles. The van der Waals surface area contributed by atoms with Crippen molar-refractivity contribution in [1.29, 1.82) is 0 Å². The molecular weight excluding hydrogens is 142 g/mol. The average Bonchev–Trinajstić information content (AvgIpc) is 2.36. The Morgan fingerprint density at radius 3 is 2.91 bits per heavy atom. The fraction of sp³-hybridized carbons (Fsp3) is 0.375. The molecule has 3 heteroatoms. The van der Waals surface area contributed by atoms with E-state index in [-0.39, 0.29) is 5.97 Å². The van der Waals surface area contributed by atoms with Crippen molar-refractivity contribution >= 4 is 5.97 Å². The molecule has 1 N–H and O–H groups in total. The third-order valence-corrected chi connectivity index (χ3v) is 1.43. The molecule has 0 bridgehead atoms. The van der Waals surface area contributed by atoms with E-state index >= 15 is 0 Å². The SMILES string of the molecule is CCOC(=O)c1[nH]ccc1C. The predicted molar refractivity (Wildman–Crippen MR) is 41.5 cm³/mol. The maximum absolute atomic E-state index is 11.1. The van der Waals surface area contributed by atoms with Gasteiger partial charge >= 0.3 is 5.97 Å². The fourth-order valence-corrected chi connectivity index (χ4v) is 0.870. The minimum absolute atomic E-state index is 0.282. The van der Waals surface area contributed by atoms with Crippen molar-refractivity contribution in [3.8, 4) is 0 Å². The standard InChI is InChI=1S/C8H11NO2/c1-3-11-8(10)7-6(2)4-5-9-7/h4-5,9H,3H2,1-2H3. The summed E-state index contributed by atoms with van der Waals surface area (Å²) in [6, 6.07) is 1.84. The van der Waals surface area contributed by atoms with E-state index < -0.39 is 0 Å². The number of carbonyl (C=O) groups is 1. The molecule has 0 atom stereocenters. The second-order valence-corrected chi connectivity index (χ2v) is 2.26. The van der Waals surface area contributed by atoms with Crippen molar-refractivity contribution in [2.45, 2.75) is 13.8 Å². The minimum atomic E-state index is -0.282. The summed E-state index contributed by atoms with van der Waals surface area (Å²) >= 11 is 0. The van der Waals surface area contributed by atoms with Crippen LogP contribution in [0.4, 0.5) is 0 Å². The number of carbonyl (C=O) groups excluding carboxylic acids is 1. The summed E-state index contributed by atoms with van der Waals surface area (Å²) in [6.45, 7) is 4.07. The van der Waals surface area contributed by atoms with E-state index in [0.717, 1.165) is 5.56 Å². The number of nitrogens with one attached hydrogen (secondary N) is 1. The van der Waals surface area contributed by atoms with Crippen molar-refractivity contribution in [3.05, 3.63) is 23.5 Å². The van der Waals surface area contributed by atoms with Gasteiger partial charge in [0.1, 0.15) is 5.69 Å². The Balaban J connectivity index is 2.76. The van der Waals surface area contributed by atoms with Crippen LogP contribution in [0.2, 0.25) is 0 Å².